The molecule has 0 saturated heterocycles. The number of H-pyrrole nitrogens is 1. The molecular formula is C15H14N6O2S. The Bertz CT molecular complexity index is 1030. The van der Waals surface area contributed by atoms with E-state index in [2.05, 4.69) is 15.3 Å². The molecule has 2 N–H and O–H groups in total. The zero-order valence-electron chi connectivity index (χ0n) is 13.1. The van der Waals surface area contributed by atoms with Crippen LogP contribution in [-0.4, -0.2) is 27.0 Å². The summed E-state index contributed by atoms with van der Waals surface area (Å²) in [6, 6.07) is 3.60. The van der Waals surface area contributed by atoms with Crippen molar-refractivity contribution < 1.29 is 4.79 Å². The van der Waals surface area contributed by atoms with Crippen molar-refractivity contribution in [2.24, 2.45) is 0 Å². The molecule has 0 fully saturated rings. The predicted molar refractivity (Wildman–Crippen MR) is 88.0 cm³/mol. The zero-order chi connectivity index (χ0) is 17.7. The summed E-state index contributed by atoms with van der Waals surface area (Å²) in [6.07, 6.45) is 3.15. The van der Waals surface area contributed by atoms with Gasteiger partial charge < -0.3 is 10.3 Å². The van der Waals surface area contributed by atoms with Gasteiger partial charge in [0, 0.05) is 12.2 Å². The Morgan fingerprint density at radius 3 is 2.83 bits per heavy atom. The summed E-state index contributed by atoms with van der Waals surface area (Å²) in [4.78, 5) is 31.6. The van der Waals surface area contributed by atoms with E-state index in [-0.39, 0.29) is 22.3 Å². The van der Waals surface area contributed by atoms with Crippen molar-refractivity contribution in [1.29, 1.82) is 10.5 Å². The number of hydrogen-bond acceptors (Lipinski definition) is 6. The molecule has 0 unspecified atom stereocenters. The Balaban J connectivity index is 2.73. The summed E-state index contributed by atoms with van der Waals surface area (Å²) < 4.78 is 2.01. The van der Waals surface area contributed by atoms with E-state index in [4.69, 9.17) is 5.26 Å². The van der Waals surface area contributed by atoms with E-state index >= 15 is 0 Å². The predicted octanol–water partition coefficient (Wildman–Crippen LogP) is -0.896. The summed E-state index contributed by atoms with van der Waals surface area (Å²) in [7, 11) is 0. The second kappa shape index (κ2) is 7.40. The van der Waals surface area contributed by atoms with Gasteiger partial charge in [-0.15, -0.1) is 11.3 Å². The number of rotatable bonds is 4. The van der Waals surface area contributed by atoms with Gasteiger partial charge in [0.2, 0.25) is 0 Å². The van der Waals surface area contributed by atoms with Gasteiger partial charge in [0.15, 0.2) is 5.57 Å². The largest absolute Gasteiger partial charge is 0.348 e. The maximum absolute atomic E-state index is 12.5. The number of amides is 1. The Hall–Kier alpha value is -3.17. The highest BCUT2D eigenvalue weighted by molar-refractivity contribution is 7.07. The fraction of sp³-hybridized carbons (Fsp3) is 0.267. The molecule has 122 valence electrons. The van der Waals surface area contributed by atoms with Crippen LogP contribution in [0, 0.1) is 29.6 Å². The molecule has 0 spiro atoms. The molecule has 0 aliphatic rings. The molecule has 1 amide bonds. The topological polar surface area (TPSA) is 127 Å². The third-order valence-electron chi connectivity index (χ3n) is 3.24. The van der Waals surface area contributed by atoms with Crippen LogP contribution in [0.3, 0.4) is 0 Å². The molecule has 2 aromatic heterocycles. The smallest absolute Gasteiger partial charge is 0.269 e. The standard InChI is InChI=1S/C15H14N6O2S/c1-3-21-14(23)12(6-11-9(2)19-8-20-11)24-15(21)10(7-17)13(22)18-5-4-16/h6,8H,3,5H2,1-2H3,(H,18,22)(H,19,20). The SMILES string of the molecule is CCn1c(=C(C#N)C(=O)NCC#N)sc(=Cc2nc[nH]c2C)c1=O. The first-order chi connectivity index (χ1) is 11.5. The monoisotopic (exact) mass is 342 g/mol. The Labute approximate surface area is 141 Å². The normalized spacial score (nSPS) is 12.4. The molecule has 0 aliphatic carbocycles. The number of nitrogens with one attached hydrogen (secondary N) is 2. The average molecular weight is 342 g/mol. The summed E-state index contributed by atoms with van der Waals surface area (Å²) in [5.74, 6) is -0.676. The molecule has 8 nitrogen and oxygen atoms in total. The van der Waals surface area contributed by atoms with Crippen LogP contribution in [0.1, 0.15) is 18.3 Å². The first kappa shape index (κ1) is 17.2. The van der Waals surface area contributed by atoms with Gasteiger partial charge in [0.1, 0.15) is 17.3 Å². The van der Waals surface area contributed by atoms with Gasteiger partial charge >= 0.3 is 0 Å². The number of aryl methyl sites for hydroxylation is 1. The molecule has 0 atom stereocenters. The van der Waals surface area contributed by atoms with E-state index < -0.39 is 5.91 Å². The van der Waals surface area contributed by atoms with E-state index in [1.807, 2.05) is 13.0 Å². The number of nitrogens with zero attached hydrogens (tertiary/aromatic N) is 4. The summed E-state index contributed by atoms with van der Waals surface area (Å²) in [5, 5.41) is 20.2. The number of aromatic amines is 1. The number of carbonyl (C=O) groups is 1. The first-order valence-corrected chi connectivity index (χ1v) is 7.86. The molecular weight excluding hydrogens is 328 g/mol. The van der Waals surface area contributed by atoms with Crippen molar-refractivity contribution in [1.82, 2.24) is 19.9 Å². The molecule has 0 aromatic carbocycles. The first-order valence-electron chi connectivity index (χ1n) is 7.04. The third kappa shape index (κ3) is 3.26. The van der Waals surface area contributed by atoms with Crippen molar-refractivity contribution >= 4 is 28.9 Å². The minimum Gasteiger partial charge on any atom is -0.348 e. The third-order valence-corrected chi connectivity index (χ3v) is 4.37. The lowest BCUT2D eigenvalue weighted by Crippen LogP contribution is -2.34. The average Bonchev–Trinajstić information content (AvgIpc) is 3.10. The highest BCUT2D eigenvalue weighted by atomic mass is 32.1. The number of imidazole rings is 1. The van der Waals surface area contributed by atoms with Crippen LogP contribution in [0.5, 0.6) is 0 Å². The highest BCUT2D eigenvalue weighted by Gasteiger charge is 2.15. The van der Waals surface area contributed by atoms with Crippen LogP contribution in [0.25, 0.3) is 11.6 Å². The second-order valence-electron chi connectivity index (χ2n) is 4.71. The summed E-state index contributed by atoms with van der Waals surface area (Å²) >= 11 is 1.05. The number of aromatic nitrogens is 3. The molecule has 2 aromatic rings. The second-order valence-corrected chi connectivity index (χ2v) is 5.74. The van der Waals surface area contributed by atoms with Crippen LogP contribution in [0.2, 0.25) is 0 Å². The molecule has 2 rings (SSSR count). The maximum atomic E-state index is 12.5. The van der Waals surface area contributed by atoms with E-state index in [9.17, 15) is 14.9 Å². The molecule has 2 heterocycles. The number of hydrogen-bond donors (Lipinski definition) is 2. The van der Waals surface area contributed by atoms with Crippen LogP contribution < -0.4 is 20.1 Å². The van der Waals surface area contributed by atoms with Crippen LogP contribution in [0.15, 0.2) is 11.1 Å². The Kier molecular flexibility index (Phi) is 5.30. The number of carbonyl (C=O) groups excluding carboxylic acids is 1. The Morgan fingerprint density at radius 1 is 1.54 bits per heavy atom. The summed E-state index contributed by atoms with van der Waals surface area (Å²) in [6.45, 7) is 3.68. The van der Waals surface area contributed by atoms with Gasteiger partial charge in [0.05, 0.1) is 22.6 Å². The molecule has 0 aliphatic heterocycles. The van der Waals surface area contributed by atoms with Crippen LogP contribution in [0.4, 0.5) is 0 Å². The van der Waals surface area contributed by atoms with Crippen molar-refractivity contribution in [3.63, 3.8) is 0 Å². The fourth-order valence-corrected chi connectivity index (χ4v) is 3.17. The highest BCUT2D eigenvalue weighted by Crippen LogP contribution is 2.00. The van der Waals surface area contributed by atoms with Crippen molar-refractivity contribution in [3.8, 4) is 12.1 Å². The van der Waals surface area contributed by atoms with Gasteiger partial charge in [0.25, 0.3) is 11.5 Å². The minimum absolute atomic E-state index is 0.187. The lowest BCUT2D eigenvalue weighted by atomic mass is 10.3. The lowest BCUT2D eigenvalue weighted by molar-refractivity contribution is -0.115. The minimum atomic E-state index is -0.676. The van der Waals surface area contributed by atoms with Gasteiger partial charge in [-0.05, 0) is 19.9 Å². The molecule has 9 heteroatoms. The molecule has 0 saturated carbocycles. The Morgan fingerprint density at radius 2 is 2.29 bits per heavy atom. The van der Waals surface area contributed by atoms with Crippen LogP contribution >= 0.6 is 11.3 Å². The van der Waals surface area contributed by atoms with E-state index in [1.165, 1.54) is 10.9 Å². The zero-order valence-corrected chi connectivity index (χ0v) is 13.9. The van der Waals surface area contributed by atoms with Crippen LogP contribution in [-0.2, 0) is 11.3 Å². The van der Waals surface area contributed by atoms with E-state index in [1.54, 1.807) is 19.1 Å². The van der Waals surface area contributed by atoms with Crippen molar-refractivity contribution in [3.05, 3.63) is 37.3 Å². The van der Waals surface area contributed by atoms with Gasteiger partial charge in [-0.2, -0.15) is 10.5 Å². The van der Waals surface area contributed by atoms with Gasteiger partial charge in [-0.3, -0.25) is 14.2 Å². The van der Waals surface area contributed by atoms with Crippen molar-refractivity contribution in [2.45, 2.75) is 20.4 Å². The van der Waals surface area contributed by atoms with Gasteiger partial charge in [-0.25, -0.2) is 4.98 Å². The lowest BCUT2D eigenvalue weighted by Gasteiger charge is -1.99. The van der Waals surface area contributed by atoms with E-state index in [0.717, 1.165) is 17.0 Å². The van der Waals surface area contributed by atoms with E-state index in [0.29, 0.717) is 16.8 Å². The number of nitriles is 2. The molecule has 24 heavy (non-hydrogen) atoms. The quantitative estimate of drug-likeness (QED) is 0.696. The summed E-state index contributed by atoms with van der Waals surface area (Å²) in [5.41, 5.74) is 0.951. The molecule has 0 bridgehead atoms. The van der Waals surface area contributed by atoms with Crippen molar-refractivity contribution in [2.75, 3.05) is 6.54 Å². The van der Waals surface area contributed by atoms with Gasteiger partial charge in [-0.1, -0.05) is 0 Å². The number of thiazole rings is 1. The maximum Gasteiger partial charge on any atom is 0.269 e. The fourth-order valence-electron chi connectivity index (χ4n) is 2.04. The molecule has 0 radical (unpaired) electrons.